The van der Waals surface area contributed by atoms with E-state index in [1.54, 1.807) is 18.2 Å². The number of nitrogens with one attached hydrogen (secondary N) is 1. The number of benzene rings is 3. The Bertz CT molecular complexity index is 958. The van der Waals surface area contributed by atoms with E-state index in [4.69, 9.17) is 4.74 Å². The highest BCUT2D eigenvalue weighted by Crippen LogP contribution is 2.13. The molecule has 4 heteroatoms. The van der Waals surface area contributed by atoms with Gasteiger partial charge in [-0.2, -0.15) is 0 Å². The third-order valence-corrected chi connectivity index (χ3v) is 3.44. The van der Waals surface area contributed by atoms with Gasteiger partial charge in [-0.1, -0.05) is 42.2 Å². The van der Waals surface area contributed by atoms with Crippen LogP contribution in [0.2, 0.25) is 0 Å². The fourth-order valence-electron chi connectivity index (χ4n) is 2.24. The molecule has 0 unspecified atom stereocenters. The largest absolute Gasteiger partial charge is 0.484 e. The number of ether oxygens (including phenoxy) is 1. The molecule has 0 saturated carbocycles. The van der Waals surface area contributed by atoms with Crippen LogP contribution in [0.4, 0.5) is 10.1 Å². The predicted octanol–water partition coefficient (Wildman–Crippen LogP) is 4.24. The van der Waals surface area contributed by atoms with Crippen molar-refractivity contribution in [1.82, 2.24) is 0 Å². The minimum absolute atomic E-state index is 0.205. The molecule has 0 saturated heterocycles. The Morgan fingerprint density at radius 3 is 2.42 bits per heavy atom. The molecular formula is C22H16FNO2. The molecule has 0 heterocycles. The van der Waals surface area contributed by atoms with Gasteiger partial charge < -0.3 is 10.1 Å². The van der Waals surface area contributed by atoms with Crippen molar-refractivity contribution < 1.29 is 13.9 Å². The monoisotopic (exact) mass is 345 g/mol. The lowest BCUT2D eigenvalue weighted by Crippen LogP contribution is -2.20. The first-order valence-corrected chi connectivity index (χ1v) is 8.04. The van der Waals surface area contributed by atoms with Crippen LogP contribution in [-0.2, 0) is 4.79 Å². The summed E-state index contributed by atoms with van der Waals surface area (Å²) in [6.45, 7) is -0.205. The number of amides is 1. The maximum absolute atomic E-state index is 13.1. The second kappa shape index (κ2) is 8.50. The molecule has 3 aromatic carbocycles. The van der Waals surface area contributed by atoms with Crippen molar-refractivity contribution in [2.45, 2.75) is 0 Å². The van der Waals surface area contributed by atoms with E-state index in [9.17, 15) is 9.18 Å². The van der Waals surface area contributed by atoms with E-state index >= 15 is 0 Å². The van der Waals surface area contributed by atoms with Gasteiger partial charge in [0.05, 0.1) is 0 Å². The van der Waals surface area contributed by atoms with Gasteiger partial charge in [-0.25, -0.2) is 4.39 Å². The Morgan fingerprint density at radius 1 is 0.885 bits per heavy atom. The normalized spacial score (nSPS) is 9.73. The number of hydrogen-bond acceptors (Lipinski definition) is 2. The molecule has 1 amide bonds. The molecule has 0 aliphatic carbocycles. The Kier molecular flexibility index (Phi) is 5.64. The summed E-state index contributed by atoms with van der Waals surface area (Å²) in [6.07, 6.45) is 0. The van der Waals surface area contributed by atoms with Crippen LogP contribution in [0, 0.1) is 17.7 Å². The molecule has 1 N–H and O–H groups in total. The molecule has 0 aromatic heterocycles. The number of carbonyl (C=O) groups excluding carboxylic acids is 1. The maximum Gasteiger partial charge on any atom is 0.262 e. The summed E-state index contributed by atoms with van der Waals surface area (Å²) in [6, 6.07) is 22.6. The van der Waals surface area contributed by atoms with Gasteiger partial charge in [-0.15, -0.1) is 0 Å². The van der Waals surface area contributed by atoms with Crippen molar-refractivity contribution in [3.63, 3.8) is 0 Å². The SMILES string of the molecule is O=C(COc1cccc(F)c1)Nc1cccc(C#Cc2ccccc2)c1. The van der Waals surface area contributed by atoms with Crippen molar-refractivity contribution in [2.75, 3.05) is 11.9 Å². The average molecular weight is 345 g/mol. The zero-order valence-electron chi connectivity index (χ0n) is 13.9. The average Bonchev–Trinajstić information content (AvgIpc) is 2.66. The molecule has 26 heavy (non-hydrogen) atoms. The topological polar surface area (TPSA) is 38.3 Å². The van der Waals surface area contributed by atoms with Crippen LogP contribution in [0.15, 0.2) is 78.9 Å². The molecule has 3 aromatic rings. The van der Waals surface area contributed by atoms with Crippen molar-refractivity contribution in [1.29, 1.82) is 0 Å². The zero-order chi connectivity index (χ0) is 18.2. The smallest absolute Gasteiger partial charge is 0.262 e. The highest BCUT2D eigenvalue weighted by molar-refractivity contribution is 5.92. The van der Waals surface area contributed by atoms with Crippen molar-refractivity contribution >= 4 is 11.6 Å². The van der Waals surface area contributed by atoms with Crippen molar-refractivity contribution in [3.05, 3.63) is 95.8 Å². The number of anilines is 1. The van der Waals surface area contributed by atoms with Crippen LogP contribution < -0.4 is 10.1 Å². The first-order chi connectivity index (χ1) is 12.7. The first-order valence-electron chi connectivity index (χ1n) is 8.04. The lowest BCUT2D eigenvalue weighted by Gasteiger charge is -2.08. The molecule has 128 valence electrons. The highest BCUT2D eigenvalue weighted by Gasteiger charge is 2.04. The van der Waals surface area contributed by atoms with Gasteiger partial charge in [0, 0.05) is 22.9 Å². The second-order valence-corrected chi connectivity index (χ2v) is 5.49. The second-order valence-electron chi connectivity index (χ2n) is 5.49. The standard InChI is InChI=1S/C22H16FNO2/c23-19-9-5-11-21(15-19)26-16-22(25)24-20-10-4-8-18(14-20)13-12-17-6-2-1-3-7-17/h1-11,14-15H,16H2,(H,24,25). The summed E-state index contributed by atoms with van der Waals surface area (Å²) >= 11 is 0. The van der Waals surface area contributed by atoms with Crippen LogP contribution in [-0.4, -0.2) is 12.5 Å². The summed E-state index contributed by atoms with van der Waals surface area (Å²) in [7, 11) is 0. The van der Waals surface area contributed by atoms with E-state index in [0.29, 0.717) is 11.4 Å². The van der Waals surface area contributed by atoms with Crippen LogP contribution >= 0.6 is 0 Å². The summed E-state index contributed by atoms with van der Waals surface area (Å²) in [5.41, 5.74) is 2.33. The first kappa shape index (κ1) is 17.2. The molecule has 3 rings (SSSR count). The van der Waals surface area contributed by atoms with Crippen LogP contribution in [0.25, 0.3) is 0 Å². The molecular weight excluding hydrogens is 329 g/mol. The lowest BCUT2D eigenvalue weighted by atomic mass is 10.1. The molecule has 0 aliphatic rings. The van der Waals surface area contributed by atoms with E-state index in [1.807, 2.05) is 42.5 Å². The Morgan fingerprint density at radius 2 is 1.62 bits per heavy atom. The van der Waals surface area contributed by atoms with Crippen LogP contribution in [0.1, 0.15) is 11.1 Å². The Labute approximate surface area is 151 Å². The quantitative estimate of drug-likeness (QED) is 0.718. The van der Waals surface area contributed by atoms with E-state index in [1.165, 1.54) is 18.2 Å². The van der Waals surface area contributed by atoms with E-state index in [2.05, 4.69) is 17.2 Å². The molecule has 0 fully saturated rings. The number of carbonyl (C=O) groups is 1. The van der Waals surface area contributed by atoms with Crippen LogP contribution in [0.3, 0.4) is 0 Å². The van der Waals surface area contributed by atoms with Crippen molar-refractivity contribution in [2.24, 2.45) is 0 Å². The van der Waals surface area contributed by atoms with Gasteiger partial charge in [0.15, 0.2) is 6.61 Å². The van der Waals surface area contributed by atoms with Crippen LogP contribution in [0.5, 0.6) is 5.75 Å². The van der Waals surface area contributed by atoms with Gasteiger partial charge in [-0.3, -0.25) is 4.79 Å². The molecule has 3 nitrogen and oxygen atoms in total. The van der Waals surface area contributed by atoms with Gasteiger partial charge in [0.25, 0.3) is 5.91 Å². The minimum atomic E-state index is -0.410. The minimum Gasteiger partial charge on any atom is -0.484 e. The van der Waals surface area contributed by atoms with E-state index < -0.39 is 5.82 Å². The van der Waals surface area contributed by atoms with E-state index in [-0.39, 0.29) is 12.5 Å². The fourth-order valence-corrected chi connectivity index (χ4v) is 2.24. The number of rotatable bonds is 4. The predicted molar refractivity (Wildman–Crippen MR) is 99.4 cm³/mol. The third kappa shape index (κ3) is 5.22. The summed E-state index contributed by atoms with van der Waals surface area (Å²) in [5.74, 6) is 5.70. The number of hydrogen-bond donors (Lipinski definition) is 1. The highest BCUT2D eigenvalue weighted by atomic mass is 19.1. The Hall–Kier alpha value is -3.58. The third-order valence-electron chi connectivity index (χ3n) is 3.44. The molecule has 0 aliphatic heterocycles. The molecule has 0 radical (unpaired) electrons. The fraction of sp³-hybridized carbons (Fsp3) is 0.0455. The number of halogens is 1. The summed E-state index contributed by atoms with van der Waals surface area (Å²) < 4.78 is 18.4. The van der Waals surface area contributed by atoms with Gasteiger partial charge in [-0.05, 0) is 42.5 Å². The summed E-state index contributed by atoms with van der Waals surface area (Å²) in [4.78, 5) is 12.0. The molecule has 0 atom stereocenters. The zero-order valence-corrected chi connectivity index (χ0v) is 13.9. The van der Waals surface area contributed by atoms with Crippen molar-refractivity contribution in [3.8, 4) is 17.6 Å². The Balaban J connectivity index is 1.60. The molecule has 0 bridgehead atoms. The van der Waals surface area contributed by atoms with Gasteiger partial charge in [0.2, 0.25) is 0 Å². The lowest BCUT2D eigenvalue weighted by molar-refractivity contribution is -0.118. The summed E-state index contributed by atoms with van der Waals surface area (Å²) in [5, 5.41) is 2.74. The maximum atomic E-state index is 13.1. The van der Waals surface area contributed by atoms with Gasteiger partial charge >= 0.3 is 0 Å². The van der Waals surface area contributed by atoms with E-state index in [0.717, 1.165) is 11.1 Å². The van der Waals surface area contributed by atoms with Gasteiger partial charge in [0.1, 0.15) is 11.6 Å². The molecule has 0 spiro atoms.